The first-order valence-corrected chi connectivity index (χ1v) is 10.2. The standard InChI is InChI=1S/C21H35N3O4/c1-16(2)8-9-22-19(25)15-24-12-10-23(11-13-24)14-17-6-7-18(26-3)21(28-5)20(17)27-4/h6-7,16H,8-15H2,1-5H3,(H,22,25)/p+2. The van der Waals surface area contributed by atoms with E-state index in [-0.39, 0.29) is 5.91 Å². The smallest absolute Gasteiger partial charge is 0.275 e. The van der Waals surface area contributed by atoms with Gasteiger partial charge in [0.1, 0.15) is 32.7 Å². The van der Waals surface area contributed by atoms with E-state index in [0.29, 0.717) is 24.0 Å². The molecule has 1 aromatic carbocycles. The Balaban J connectivity index is 1.85. The molecule has 0 saturated carbocycles. The summed E-state index contributed by atoms with van der Waals surface area (Å²) in [5, 5.41) is 3.04. The lowest BCUT2D eigenvalue weighted by Crippen LogP contribution is -3.28. The van der Waals surface area contributed by atoms with Crippen LogP contribution < -0.4 is 29.3 Å². The predicted molar refractivity (Wildman–Crippen MR) is 109 cm³/mol. The third kappa shape index (κ3) is 6.27. The molecule has 0 atom stereocenters. The van der Waals surface area contributed by atoms with E-state index in [1.54, 1.807) is 21.3 Å². The van der Waals surface area contributed by atoms with E-state index in [1.165, 1.54) is 9.80 Å². The van der Waals surface area contributed by atoms with Gasteiger partial charge in [-0.1, -0.05) is 13.8 Å². The highest BCUT2D eigenvalue weighted by Crippen LogP contribution is 2.39. The summed E-state index contributed by atoms with van der Waals surface area (Å²) in [7, 11) is 4.92. The van der Waals surface area contributed by atoms with E-state index < -0.39 is 0 Å². The summed E-state index contributed by atoms with van der Waals surface area (Å²) in [6.45, 7) is 10.6. The van der Waals surface area contributed by atoms with Crippen molar-refractivity contribution >= 4 is 5.91 Å². The number of nitrogens with one attached hydrogen (secondary N) is 3. The maximum atomic E-state index is 12.1. The lowest BCUT2D eigenvalue weighted by atomic mass is 10.1. The molecular formula is C21H37N3O4+2. The lowest BCUT2D eigenvalue weighted by molar-refractivity contribution is -1.02. The van der Waals surface area contributed by atoms with Crippen LogP contribution in [-0.2, 0) is 11.3 Å². The second-order valence-corrected chi connectivity index (χ2v) is 7.88. The molecule has 2 rings (SSSR count). The second kappa shape index (κ2) is 11.1. The van der Waals surface area contributed by atoms with E-state index in [0.717, 1.165) is 57.0 Å². The topological polar surface area (TPSA) is 65.7 Å². The summed E-state index contributed by atoms with van der Waals surface area (Å²) in [5.74, 6) is 2.85. The summed E-state index contributed by atoms with van der Waals surface area (Å²) < 4.78 is 16.5. The van der Waals surface area contributed by atoms with Crippen molar-refractivity contribution in [2.24, 2.45) is 5.92 Å². The van der Waals surface area contributed by atoms with Gasteiger partial charge in [0.25, 0.3) is 5.91 Å². The monoisotopic (exact) mass is 395 g/mol. The first-order chi connectivity index (χ1) is 13.5. The van der Waals surface area contributed by atoms with Crippen molar-refractivity contribution in [1.29, 1.82) is 0 Å². The quantitative estimate of drug-likeness (QED) is 0.483. The molecule has 0 aromatic heterocycles. The first kappa shape index (κ1) is 22.3. The van der Waals surface area contributed by atoms with Crippen LogP contribution >= 0.6 is 0 Å². The number of carbonyl (C=O) groups is 1. The third-order valence-electron chi connectivity index (χ3n) is 5.34. The Labute approximate surface area is 168 Å². The Morgan fingerprint density at radius 1 is 1.00 bits per heavy atom. The molecule has 1 amide bonds. The number of ether oxygens (including phenoxy) is 3. The van der Waals surface area contributed by atoms with Gasteiger partial charge >= 0.3 is 0 Å². The molecule has 0 aliphatic carbocycles. The van der Waals surface area contributed by atoms with E-state index >= 15 is 0 Å². The molecule has 28 heavy (non-hydrogen) atoms. The minimum Gasteiger partial charge on any atom is -0.493 e. The fraction of sp³-hybridized carbons (Fsp3) is 0.667. The van der Waals surface area contributed by atoms with Crippen LogP contribution in [0.5, 0.6) is 17.2 Å². The van der Waals surface area contributed by atoms with E-state index in [1.807, 2.05) is 6.07 Å². The number of methoxy groups -OCH3 is 3. The van der Waals surface area contributed by atoms with Crippen LogP contribution in [0.3, 0.4) is 0 Å². The average Bonchev–Trinajstić information content (AvgIpc) is 2.68. The molecule has 0 spiro atoms. The van der Waals surface area contributed by atoms with Crippen molar-refractivity contribution in [2.75, 3.05) is 60.6 Å². The average molecular weight is 396 g/mol. The van der Waals surface area contributed by atoms with Crippen molar-refractivity contribution in [3.63, 3.8) is 0 Å². The Bertz CT molecular complexity index is 628. The molecule has 158 valence electrons. The van der Waals surface area contributed by atoms with Gasteiger partial charge in [-0.25, -0.2) is 0 Å². The maximum Gasteiger partial charge on any atom is 0.275 e. The zero-order valence-corrected chi connectivity index (χ0v) is 18.0. The first-order valence-electron chi connectivity index (χ1n) is 10.2. The number of hydrogen-bond acceptors (Lipinski definition) is 4. The lowest BCUT2D eigenvalue weighted by Gasteiger charge is -2.30. The minimum absolute atomic E-state index is 0.167. The number of hydrogen-bond donors (Lipinski definition) is 3. The Morgan fingerprint density at radius 3 is 2.21 bits per heavy atom. The molecule has 1 aromatic rings. The highest BCUT2D eigenvalue weighted by Gasteiger charge is 2.26. The molecule has 7 nitrogen and oxygen atoms in total. The summed E-state index contributed by atoms with van der Waals surface area (Å²) in [4.78, 5) is 15.0. The van der Waals surface area contributed by atoms with E-state index in [9.17, 15) is 4.79 Å². The van der Waals surface area contributed by atoms with Gasteiger partial charge in [0.05, 0.1) is 26.9 Å². The van der Waals surface area contributed by atoms with Gasteiger partial charge in [0, 0.05) is 6.54 Å². The van der Waals surface area contributed by atoms with Crippen LogP contribution in [0.4, 0.5) is 0 Å². The van der Waals surface area contributed by atoms with Crippen molar-refractivity contribution in [1.82, 2.24) is 5.32 Å². The van der Waals surface area contributed by atoms with Crippen molar-refractivity contribution in [3.05, 3.63) is 17.7 Å². The molecule has 0 bridgehead atoms. The number of rotatable bonds is 10. The fourth-order valence-corrected chi connectivity index (χ4v) is 3.67. The molecule has 1 heterocycles. The van der Waals surface area contributed by atoms with Gasteiger partial charge in [-0.15, -0.1) is 0 Å². The molecule has 1 saturated heterocycles. The van der Waals surface area contributed by atoms with Crippen LogP contribution in [-0.4, -0.2) is 66.5 Å². The van der Waals surface area contributed by atoms with Crippen LogP contribution in [0.1, 0.15) is 25.8 Å². The largest absolute Gasteiger partial charge is 0.493 e. The van der Waals surface area contributed by atoms with Crippen molar-refractivity contribution < 1.29 is 28.8 Å². The summed E-state index contributed by atoms with van der Waals surface area (Å²) in [6.07, 6.45) is 1.03. The zero-order valence-electron chi connectivity index (χ0n) is 18.0. The zero-order chi connectivity index (χ0) is 20.5. The molecule has 1 aliphatic heterocycles. The molecule has 0 radical (unpaired) electrons. The number of carbonyl (C=O) groups excluding carboxylic acids is 1. The van der Waals surface area contributed by atoms with Gasteiger partial charge < -0.3 is 29.3 Å². The van der Waals surface area contributed by atoms with Gasteiger partial charge in [-0.3, -0.25) is 4.79 Å². The van der Waals surface area contributed by atoms with Gasteiger partial charge in [0.2, 0.25) is 5.75 Å². The molecule has 3 N–H and O–H groups in total. The predicted octanol–water partition coefficient (Wildman–Crippen LogP) is -0.842. The minimum atomic E-state index is 0.167. The van der Waals surface area contributed by atoms with Crippen LogP contribution in [0.25, 0.3) is 0 Å². The van der Waals surface area contributed by atoms with Gasteiger partial charge in [0.15, 0.2) is 18.0 Å². The highest BCUT2D eigenvalue weighted by atomic mass is 16.5. The normalized spacial score (nSPS) is 19.4. The molecule has 7 heteroatoms. The number of piperazine rings is 1. The summed E-state index contributed by atoms with van der Waals surface area (Å²) in [5.41, 5.74) is 1.12. The molecule has 1 aliphatic rings. The van der Waals surface area contributed by atoms with Crippen LogP contribution in [0.15, 0.2) is 12.1 Å². The molecular weight excluding hydrogens is 358 g/mol. The summed E-state index contributed by atoms with van der Waals surface area (Å²) >= 11 is 0. The number of benzene rings is 1. The fourth-order valence-electron chi connectivity index (χ4n) is 3.67. The number of amides is 1. The van der Waals surface area contributed by atoms with E-state index in [4.69, 9.17) is 14.2 Å². The summed E-state index contributed by atoms with van der Waals surface area (Å²) in [6, 6.07) is 3.98. The van der Waals surface area contributed by atoms with Crippen molar-refractivity contribution in [2.45, 2.75) is 26.8 Å². The van der Waals surface area contributed by atoms with Gasteiger partial charge in [-0.2, -0.15) is 0 Å². The molecule has 1 fully saturated rings. The Hall–Kier alpha value is -1.99. The van der Waals surface area contributed by atoms with E-state index in [2.05, 4.69) is 25.2 Å². The van der Waals surface area contributed by atoms with Crippen LogP contribution in [0, 0.1) is 5.92 Å². The van der Waals surface area contributed by atoms with Crippen molar-refractivity contribution in [3.8, 4) is 17.2 Å². The SMILES string of the molecule is COc1ccc(C[NH+]2CC[NH+](CC(=O)NCCC(C)C)CC2)c(OC)c1OC. The second-order valence-electron chi connectivity index (χ2n) is 7.88. The maximum absolute atomic E-state index is 12.1. The third-order valence-corrected chi connectivity index (χ3v) is 5.34. The van der Waals surface area contributed by atoms with Gasteiger partial charge in [-0.05, 0) is 24.5 Å². The Kier molecular flexibility index (Phi) is 8.86. The number of quaternary nitrogens is 2. The molecule has 0 unspecified atom stereocenters. The highest BCUT2D eigenvalue weighted by molar-refractivity contribution is 5.76. The van der Waals surface area contributed by atoms with Crippen LogP contribution in [0.2, 0.25) is 0 Å². The Morgan fingerprint density at radius 2 is 1.64 bits per heavy atom.